The van der Waals surface area contributed by atoms with Crippen LogP contribution in [0.15, 0.2) is 84.2 Å². The zero-order valence-electron chi connectivity index (χ0n) is 14.8. The van der Waals surface area contributed by atoms with E-state index in [0.717, 1.165) is 12.8 Å². The van der Waals surface area contributed by atoms with Crippen LogP contribution in [-0.4, -0.2) is 0 Å². The standard InChI is InChI=1S/C23H25N/c1-4-19(3)24(22-8-6-5-7-9-22)23-16-14-21(15-17-23)20-12-10-18(2)11-13-20/h4-6,8,10-17H,7,9H2,1-3H3/b19-4+. The molecule has 1 heteroatoms. The predicted octanol–water partition coefficient (Wildman–Crippen LogP) is 6.63. The molecule has 24 heavy (non-hydrogen) atoms. The van der Waals surface area contributed by atoms with Crippen LogP contribution in [0.25, 0.3) is 11.1 Å². The smallest absolute Gasteiger partial charge is 0.0455 e. The van der Waals surface area contributed by atoms with Gasteiger partial charge in [-0.1, -0.05) is 60.2 Å². The van der Waals surface area contributed by atoms with E-state index in [1.165, 1.54) is 33.8 Å². The highest BCUT2D eigenvalue weighted by atomic mass is 15.1. The maximum absolute atomic E-state index is 2.36. The fourth-order valence-electron chi connectivity index (χ4n) is 3.05. The lowest BCUT2D eigenvalue weighted by atomic mass is 10.0. The second-order valence-electron chi connectivity index (χ2n) is 6.30. The second kappa shape index (κ2) is 7.35. The molecule has 0 fully saturated rings. The number of nitrogens with zero attached hydrogens (tertiary/aromatic N) is 1. The van der Waals surface area contributed by atoms with Gasteiger partial charge >= 0.3 is 0 Å². The maximum atomic E-state index is 2.36. The average molecular weight is 315 g/mol. The molecule has 122 valence electrons. The number of hydrogen-bond acceptors (Lipinski definition) is 1. The van der Waals surface area contributed by atoms with E-state index in [1.807, 2.05) is 0 Å². The summed E-state index contributed by atoms with van der Waals surface area (Å²) in [6, 6.07) is 17.6. The van der Waals surface area contributed by atoms with E-state index >= 15 is 0 Å². The molecule has 0 amide bonds. The van der Waals surface area contributed by atoms with Crippen molar-refractivity contribution in [2.75, 3.05) is 4.90 Å². The molecule has 3 rings (SSSR count). The van der Waals surface area contributed by atoms with Crippen molar-refractivity contribution < 1.29 is 0 Å². The van der Waals surface area contributed by atoms with Crippen LogP contribution in [0.2, 0.25) is 0 Å². The third-order valence-electron chi connectivity index (χ3n) is 4.56. The van der Waals surface area contributed by atoms with Gasteiger partial charge < -0.3 is 4.90 Å². The molecule has 0 spiro atoms. The average Bonchev–Trinajstić information content (AvgIpc) is 2.64. The molecule has 0 aromatic heterocycles. The van der Waals surface area contributed by atoms with E-state index in [4.69, 9.17) is 0 Å². The number of anilines is 1. The summed E-state index contributed by atoms with van der Waals surface area (Å²) < 4.78 is 0. The van der Waals surface area contributed by atoms with Gasteiger partial charge in [-0.25, -0.2) is 0 Å². The largest absolute Gasteiger partial charge is 0.319 e. The van der Waals surface area contributed by atoms with Gasteiger partial charge in [-0.2, -0.15) is 0 Å². The monoisotopic (exact) mass is 315 g/mol. The predicted molar refractivity (Wildman–Crippen MR) is 105 cm³/mol. The maximum Gasteiger partial charge on any atom is 0.0455 e. The van der Waals surface area contributed by atoms with Gasteiger partial charge in [-0.05, 0) is 62.9 Å². The highest BCUT2D eigenvalue weighted by molar-refractivity contribution is 5.68. The summed E-state index contributed by atoms with van der Waals surface area (Å²) in [6.45, 7) is 6.40. The summed E-state index contributed by atoms with van der Waals surface area (Å²) in [5.41, 5.74) is 7.66. The van der Waals surface area contributed by atoms with Crippen molar-refractivity contribution in [1.82, 2.24) is 0 Å². The SMILES string of the molecule is C/C=C(\C)N(C1=CC=CCC1)c1ccc(-c2ccc(C)cc2)cc1. The van der Waals surface area contributed by atoms with Gasteiger partial charge in [0.25, 0.3) is 0 Å². The van der Waals surface area contributed by atoms with Crippen LogP contribution in [0.1, 0.15) is 32.3 Å². The van der Waals surface area contributed by atoms with Crippen LogP contribution in [0, 0.1) is 6.92 Å². The lowest BCUT2D eigenvalue weighted by molar-refractivity contribution is 0.891. The van der Waals surface area contributed by atoms with Crippen LogP contribution < -0.4 is 4.90 Å². The fraction of sp³-hybridized carbons (Fsp3) is 0.217. The molecule has 0 aliphatic heterocycles. The lowest BCUT2D eigenvalue weighted by Gasteiger charge is -2.29. The van der Waals surface area contributed by atoms with Gasteiger partial charge in [0.2, 0.25) is 0 Å². The molecule has 0 radical (unpaired) electrons. The van der Waals surface area contributed by atoms with E-state index < -0.39 is 0 Å². The molecule has 1 aliphatic carbocycles. The molecule has 1 nitrogen and oxygen atoms in total. The van der Waals surface area contributed by atoms with Crippen molar-refractivity contribution in [3.8, 4) is 11.1 Å². The van der Waals surface area contributed by atoms with Gasteiger partial charge in [0.15, 0.2) is 0 Å². The molecule has 2 aromatic rings. The molecular weight excluding hydrogens is 290 g/mol. The van der Waals surface area contributed by atoms with Gasteiger partial charge in [-0.3, -0.25) is 0 Å². The van der Waals surface area contributed by atoms with Crippen LogP contribution in [-0.2, 0) is 0 Å². The Morgan fingerprint density at radius 3 is 2.12 bits per heavy atom. The van der Waals surface area contributed by atoms with Crippen molar-refractivity contribution in [3.05, 3.63) is 89.8 Å². The highest BCUT2D eigenvalue weighted by Gasteiger charge is 2.14. The molecule has 0 bridgehead atoms. The van der Waals surface area contributed by atoms with Gasteiger partial charge in [0.1, 0.15) is 0 Å². The summed E-state index contributed by atoms with van der Waals surface area (Å²) in [7, 11) is 0. The normalized spacial score (nSPS) is 14.5. The first kappa shape index (κ1) is 16.3. The zero-order chi connectivity index (χ0) is 16.9. The van der Waals surface area contributed by atoms with Crippen LogP contribution in [0.5, 0.6) is 0 Å². The van der Waals surface area contributed by atoms with E-state index in [-0.39, 0.29) is 0 Å². The minimum atomic E-state index is 1.08. The Bertz CT molecular complexity index is 774. The third-order valence-corrected chi connectivity index (χ3v) is 4.56. The van der Waals surface area contributed by atoms with Gasteiger partial charge in [-0.15, -0.1) is 0 Å². The van der Waals surface area contributed by atoms with Crippen molar-refractivity contribution in [2.45, 2.75) is 33.6 Å². The second-order valence-corrected chi connectivity index (χ2v) is 6.30. The number of rotatable bonds is 4. The Morgan fingerprint density at radius 1 is 0.958 bits per heavy atom. The summed E-state index contributed by atoms with van der Waals surface area (Å²) in [5.74, 6) is 0. The molecule has 0 atom stereocenters. The molecule has 0 saturated carbocycles. The number of allylic oxidation sites excluding steroid dienone is 6. The van der Waals surface area contributed by atoms with Crippen molar-refractivity contribution in [3.63, 3.8) is 0 Å². The fourth-order valence-corrected chi connectivity index (χ4v) is 3.05. The summed E-state index contributed by atoms with van der Waals surface area (Å²) in [4.78, 5) is 2.36. The number of aryl methyl sites for hydroxylation is 1. The Kier molecular flexibility index (Phi) is 5.00. The van der Waals surface area contributed by atoms with Crippen molar-refractivity contribution >= 4 is 5.69 Å². The Labute approximate surface area is 145 Å². The molecule has 0 heterocycles. The minimum Gasteiger partial charge on any atom is -0.319 e. The first-order valence-corrected chi connectivity index (χ1v) is 8.65. The van der Waals surface area contributed by atoms with E-state index in [0.29, 0.717) is 0 Å². The molecule has 0 saturated heterocycles. The Balaban J connectivity index is 1.93. The molecular formula is C23H25N. The number of benzene rings is 2. The van der Waals surface area contributed by atoms with Crippen LogP contribution in [0.4, 0.5) is 5.69 Å². The topological polar surface area (TPSA) is 3.24 Å². The third kappa shape index (κ3) is 3.51. The van der Waals surface area contributed by atoms with Crippen molar-refractivity contribution in [2.24, 2.45) is 0 Å². The number of hydrogen-bond donors (Lipinski definition) is 0. The molecule has 0 unspecified atom stereocenters. The lowest BCUT2D eigenvalue weighted by Crippen LogP contribution is -2.20. The molecule has 2 aromatic carbocycles. The Morgan fingerprint density at radius 2 is 1.58 bits per heavy atom. The van der Waals surface area contributed by atoms with Gasteiger partial charge in [0.05, 0.1) is 0 Å². The minimum absolute atomic E-state index is 1.08. The van der Waals surface area contributed by atoms with E-state index in [2.05, 4.69) is 98.5 Å². The first-order valence-electron chi connectivity index (χ1n) is 8.65. The summed E-state index contributed by atoms with van der Waals surface area (Å²) in [6.07, 6.45) is 11.0. The zero-order valence-corrected chi connectivity index (χ0v) is 14.8. The van der Waals surface area contributed by atoms with Crippen molar-refractivity contribution in [1.29, 1.82) is 0 Å². The van der Waals surface area contributed by atoms with Crippen LogP contribution in [0.3, 0.4) is 0 Å². The van der Waals surface area contributed by atoms with Gasteiger partial charge in [0, 0.05) is 17.1 Å². The molecule has 0 N–H and O–H groups in total. The Hall–Kier alpha value is -2.54. The van der Waals surface area contributed by atoms with E-state index in [1.54, 1.807) is 0 Å². The molecule has 1 aliphatic rings. The summed E-state index contributed by atoms with van der Waals surface area (Å²) >= 11 is 0. The van der Waals surface area contributed by atoms with E-state index in [9.17, 15) is 0 Å². The first-order chi connectivity index (χ1) is 11.7. The quantitative estimate of drug-likeness (QED) is 0.612. The summed E-state index contributed by atoms with van der Waals surface area (Å²) in [5, 5.41) is 0. The van der Waals surface area contributed by atoms with Crippen LogP contribution >= 0.6 is 0 Å². The highest BCUT2D eigenvalue weighted by Crippen LogP contribution is 2.30.